The molecule has 0 aliphatic carbocycles. The third kappa shape index (κ3) is 2.30. The first kappa shape index (κ1) is 14.0. The van der Waals surface area contributed by atoms with Crippen LogP contribution in [0.5, 0.6) is 0 Å². The van der Waals surface area contributed by atoms with Gasteiger partial charge in [-0.05, 0) is 29.0 Å². The van der Waals surface area contributed by atoms with Crippen LogP contribution in [0.2, 0.25) is 5.02 Å². The number of benzene rings is 3. The Labute approximate surface area is 138 Å². The molecule has 0 aromatic heterocycles. The molecule has 4 rings (SSSR count). The Bertz CT molecular complexity index is 944. The molecule has 0 fully saturated rings. The molecule has 0 saturated carbocycles. The van der Waals surface area contributed by atoms with E-state index in [9.17, 15) is 4.79 Å². The summed E-state index contributed by atoms with van der Waals surface area (Å²) in [5.41, 5.74) is 2.15. The molecule has 0 spiro atoms. The minimum atomic E-state index is -0.745. The van der Waals surface area contributed by atoms with Crippen LogP contribution in [-0.4, -0.2) is 12.2 Å². The zero-order valence-electron chi connectivity index (χ0n) is 12.1. The van der Waals surface area contributed by atoms with Crippen LogP contribution in [0.15, 0.2) is 65.7 Å². The van der Waals surface area contributed by atoms with Crippen LogP contribution in [0.4, 0.5) is 5.69 Å². The maximum Gasteiger partial charge on any atom is 0.222 e. The van der Waals surface area contributed by atoms with E-state index in [1.165, 1.54) is 0 Å². The van der Waals surface area contributed by atoms with Crippen LogP contribution in [0, 0.1) is 0 Å². The molecular weight excluding hydrogens is 310 g/mol. The summed E-state index contributed by atoms with van der Waals surface area (Å²) in [6.45, 7) is 0. The molecule has 23 heavy (non-hydrogen) atoms. The van der Waals surface area contributed by atoms with E-state index in [0.29, 0.717) is 22.2 Å². The van der Waals surface area contributed by atoms with E-state index in [1.807, 2.05) is 54.6 Å². The fourth-order valence-corrected chi connectivity index (χ4v) is 3.13. The number of aliphatic imine (C=N–C) groups is 1. The molecule has 0 N–H and O–H groups in total. The molecule has 0 bridgehead atoms. The fourth-order valence-electron chi connectivity index (χ4n) is 2.85. The maximum absolute atomic E-state index is 11.5. The van der Waals surface area contributed by atoms with Gasteiger partial charge in [0.1, 0.15) is 0 Å². The lowest BCUT2D eigenvalue weighted by atomic mass is 10.0. The maximum atomic E-state index is 11.5. The lowest BCUT2D eigenvalue weighted by Crippen LogP contribution is -2.18. The average Bonchev–Trinajstić information content (AvgIpc) is 2.60. The minimum Gasteiger partial charge on any atom is -0.461 e. The van der Waals surface area contributed by atoms with E-state index < -0.39 is 6.10 Å². The first-order valence-corrected chi connectivity index (χ1v) is 7.63. The number of hydrogen-bond acceptors (Lipinski definition) is 3. The number of halogens is 1. The van der Waals surface area contributed by atoms with Crippen LogP contribution < -0.4 is 0 Å². The fraction of sp³-hybridized carbons (Fsp3) is 0.0526. The van der Waals surface area contributed by atoms with Gasteiger partial charge in [-0.25, -0.2) is 4.99 Å². The number of carbonyl (C=O) groups excluding carboxylic acids is 1. The zero-order chi connectivity index (χ0) is 15.8. The summed E-state index contributed by atoms with van der Waals surface area (Å²) in [7, 11) is 0. The molecule has 0 radical (unpaired) electrons. The van der Waals surface area contributed by atoms with Gasteiger partial charge in [-0.1, -0.05) is 54.1 Å². The topological polar surface area (TPSA) is 38.7 Å². The van der Waals surface area contributed by atoms with Gasteiger partial charge in [-0.15, -0.1) is 0 Å². The highest BCUT2D eigenvalue weighted by Gasteiger charge is 2.27. The second-order valence-electron chi connectivity index (χ2n) is 5.29. The standard InChI is InChI=1S/C19H12ClNO2/c20-15-9-4-10-16-18(15)17(11-22)23-19(21-16)14-8-3-6-12-5-1-2-7-13(12)14/h1-11,17H. The van der Waals surface area contributed by atoms with Gasteiger partial charge >= 0.3 is 0 Å². The van der Waals surface area contributed by atoms with Gasteiger partial charge in [0.2, 0.25) is 5.90 Å². The van der Waals surface area contributed by atoms with Crippen LogP contribution in [0.1, 0.15) is 17.2 Å². The van der Waals surface area contributed by atoms with E-state index >= 15 is 0 Å². The number of rotatable bonds is 2. The highest BCUT2D eigenvalue weighted by atomic mass is 35.5. The van der Waals surface area contributed by atoms with Gasteiger partial charge in [0, 0.05) is 11.1 Å². The van der Waals surface area contributed by atoms with Crippen molar-refractivity contribution in [2.24, 2.45) is 4.99 Å². The lowest BCUT2D eigenvalue weighted by molar-refractivity contribution is -0.114. The molecule has 112 valence electrons. The van der Waals surface area contributed by atoms with E-state index in [2.05, 4.69) is 4.99 Å². The summed E-state index contributed by atoms with van der Waals surface area (Å²) in [5.74, 6) is 0.439. The predicted molar refractivity (Wildman–Crippen MR) is 91.5 cm³/mol. The van der Waals surface area contributed by atoms with Crippen molar-refractivity contribution < 1.29 is 9.53 Å². The number of hydrogen-bond donors (Lipinski definition) is 0. The summed E-state index contributed by atoms with van der Waals surface area (Å²) in [4.78, 5) is 16.1. The summed E-state index contributed by atoms with van der Waals surface area (Å²) in [6.07, 6.45) is 0.00927. The third-order valence-corrected chi connectivity index (χ3v) is 4.25. The van der Waals surface area contributed by atoms with Crippen molar-refractivity contribution in [3.05, 3.63) is 76.8 Å². The van der Waals surface area contributed by atoms with Gasteiger partial charge < -0.3 is 4.74 Å². The van der Waals surface area contributed by atoms with Crippen LogP contribution in [0.3, 0.4) is 0 Å². The van der Waals surface area contributed by atoms with Gasteiger partial charge in [-0.2, -0.15) is 0 Å². The Morgan fingerprint density at radius 1 is 1.00 bits per heavy atom. The van der Waals surface area contributed by atoms with Crippen molar-refractivity contribution in [3.8, 4) is 0 Å². The Balaban J connectivity index is 1.94. The van der Waals surface area contributed by atoms with Gasteiger partial charge in [0.05, 0.1) is 10.7 Å². The molecular formula is C19H12ClNO2. The first-order chi connectivity index (χ1) is 11.3. The van der Waals surface area contributed by atoms with Gasteiger partial charge in [0.25, 0.3) is 0 Å². The Morgan fingerprint density at radius 3 is 2.65 bits per heavy atom. The normalized spacial score (nSPS) is 16.4. The molecule has 0 saturated heterocycles. The molecule has 0 amide bonds. The molecule has 1 atom stereocenters. The van der Waals surface area contributed by atoms with Crippen LogP contribution in [-0.2, 0) is 9.53 Å². The van der Waals surface area contributed by atoms with Gasteiger partial charge in [0.15, 0.2) is 12.4 Å². The van der Waals surface area contributed by atoms with Crippen molar-refractivity contribution in [3.63, 3.8) is 0 Å². The van der Waals surface area contributed by atoms with Crippen molar-refractivity contribution in [2.45, 2.75) is 6.10 Å². The van der Waals surface area contributed by atoms with Crippen molar-refractivity contribution >= 4 is 40.2 Å². The van der Waals surface area contributed by atoms with Gasteiger partial charge in [-0.3, -0.25) is 4.79 Å². The second kappa shape index (κ2) is 5.52. The van der Waals surface area contributed by atoms with Crippen molar-refractivity contribution in [1.82, 2.24) is 0 Å². The largest absolute Gasteiger partial charge is 0.461 e. The molecule has 3 aromatic carbocycles. The van der Waals surface area contributed by atoms with Crippen molar-refractivity contribution in [1.29, 1.82) is 0 Å². The first-order valence-electron chi connectivity index (χ1n) is 7.25. The SMILES string of the molecule is O=CC1OC(c2cccc3ccccc23)=Nc2cccc(Cl)c21. The lowest BCUT2D eigenvalue weighted by Gasteiger charge is -2.23. The zero-order valence-corrected chi connectivity index (χ0v) is 12.8. The Kier molecular flexibility index (Phi) is 3.36. The van der Waals surface area contributed by atoms with Crippen LogP contribution >= 0.6 is 11.6 Å². The monoisotopic (exact) mass is 321 g/mol. The van der Waals surface area contributed by atoms with Crippen LogP contribution in [0.25, 0.3) is 10.8 Å². The number of aldehydes is 1. The molecule has 1 unspecified atom stereocenters. The Hall–Kier alpha value is -2.65. The molecule has 1 heterocycles. The smallest absolute Gasteiger partial charge is 0.222 e. The number of fused-ring (bicyclic) bond motifs is 2. The number of nitrogens with zero attached hydrogens (tertiary/aromatic N) is 1. The summed E-state index contributed by atoms with van der Waals surface area (Å²) in [6, 6.07) is 19.3. The minimum absolute atomic E-state index is 0.439. The Morgan fingerprint density at radius 2 is 1.78 bits per heavy atom. The molecule has 1 aliphatic rings. The summed E-state index contributed by atoms with van der Waals surface area (Å²) >= 11 is 6.20. The number of ether oxygens (including phenoxy) is 1. The molecule has 3 aromatic rings. The van der Waals surface area contributed by atoms with E-state index in [0.717, 1.165) is 22.6 Å². The predicted octanol–water partition coefficient (Wildman–Crippen LogP) is 4.84. The second-order valence-corrected chi connectivity index (χ2v) is 5.70. The molecule has 3 nitrogen and oxygen atoms in total. The highest BCUT2D eigenvalue weighted by Crippen LogP contribution is 2.38. The average molecular weight is 322 g/mol. The van der Waals surface area contributed by atoms with Crippen molar-refractivity contribution in [2.75, 3.05) is 0 Å². The molecule has 4 heteroatoms. The third-order valence-electron chi connectivity index (χ3n) is 3.92. The number of carbonyl (C=O) groups is 1. The summed E-state index contributed by atoms with van der Waals surface area (Å²) in [5, 5.41) is 2.61. The van der Waals surface area contributed by atoms with E-state index in [-0.39, 0.29) is 0 Å². The summed E-state index contributed by atoms with van der Waals surface area (Å²) < 4.78 is 5.83. The quantitative estimate of drug-likeness (QED) is 0.633. The highest BCUT2D eigenvalue weighted by molar-refractivity contribution is 6.32. The molecule has 1 aliphatic heterocycles. The van der Waals surface area contributed by atoms with E-state index in [4.69, 9.17) is 16.3 Å². The van der Waals surface area contributed by atoms with E-state index in [1.54, 1.807) is 6.07 Å².